The van der Waals surface area contributed by atoms with Crippen LogP contribution in [-0.4, -0.2) is 30.1 Å². The van der Waals surface area contributed by atoms with E-state index in [1.54, 1.807) is 6.07 Å². The van der Waals surface area contributed by atoms with Gasteiger partial charge < -0.3 is 15.2 Å². The van der Waals surface area contributed by atoms with E-state index < -0.39 is 5.97 Å². The monoisotopic (exact) mass is 315 g/mol. The minimum absolute atomic E-state index is 0.113. The standard InChI is InChI=1S/C12H14BrNO4/c1-2-5-14-11(15)7-18-10-6-8(12(16)17)3-4-9(10)13/h3-4,6H,2,5,7H2,1H3,(H,14,15)(H,16,17). The molecule has 0 saturated heterocycles. The van der Waals surface area contributed by atoms with E-state index in [1.807, 2.05) is 6.92 Å². The number of ether oxygens (including phenoxy) is 1. The zero-order valence-corrected chi connectivity index (χ0v) is 11.5. The molecule has 0 aliphatic carbocycles. The van der Waals surface area contributed by atoms with Gasteiger partial charge in [0.1, 0.15) is 5.75 Å². The number of amides is 1. The molecular formula is C12H14BrNO4. The lowest BCUT2D eigenvalue weighted by Crippen LogP contribution is -2.29. The third kappa shape index (κ3) is 4.37. The molecule has 2 N–H and O–H groups in total. The summed E-state index contributed by atoms with van der Waals surface area (Å²) in [6.45, 7) is 2.41. The molecule has 1 amide bonds. The minimum atomic E-state index is -1.04. The third-order valence-electron chi connectivity index (χ3n) is 2.11. The molecule has 0 saturated carbocycles. The van der Waals surface area contributed by atoms with Crippen molar-refractivity contribution in [2.24, 2.45) is 0 Å². The fraction of sp³-hybridized carbons (Fsp3) is 0.333. The largest absolute Gasteiger partial charge is 0.483 e. The second-order valence-electron chi connectivity index (χ2n) is 3.59. The molecule has 18 heavy (non-hydrogen) atoms. The molecule has 0 atom stereocenters. The fourth-order valence-electron chi connectivity index (χ4n) is 1.21. The highest BCUT2D eigenvalue weighted by Crippen LogP contribution is 2.26. The highest BCUT2D eigenvalue weighted by molar-refractivity contribution is 9.10. The number of aromatic carboxylic acids is 1. The summed E-state index contributed by atoms with van der Waals surface area (Å²) < 4.78 is 5.87. The average Bonchev–Trinajstić information content (AvgIpc) is 2.35. The first kappa shape index (κ1) is 14.5. The molecule has 1 rings (SSSR count). The molecule has 98 valence electrons. The minimum Gasteiger partial charge on any atom is -0.483 e. The normalized spacial score (nSPS) is 9.89. The van der Waals surface area contributed by atoms with Gasteiger partial charge in [0.05, 0.1) is 10.0 Å². The zero-order chi connectivity index (χ0) is 13.5. The van der Waals surface area contributed by atoms with Gasteiger partial charge in [0.25, 0.3) is 5.91 Å². The number of hydrogen-bond acceptors (Lipinski definition) is 3. The van der Waals surface area contributed by atoms with Gasteiger partial charge >= 0.3 is 5.97 Å². The van der Waals surface area contributed by atoms with Crippen LogP contribution in [0.1, 0.15) is 23.7 Å². The van der Waals surface area contributed by atoms with Crippen molar-refractivity contribution in [2.45, 2.75) is 13.3 Å². The zero-order valence-electron chi connectivity index (χ0n) is 9.90. The van der Waals surface area contributed by atoms with Crippen molar-refractivity contribution >= 4 is 27.8 Å². The van der Waals surface area contributed by atoms with Crippen molar-refractivity contribution in [3.8, 4) is 5.75 Å². The maximum Gasteiger partial charge on any atom is 0.335 e. The van der Waals surface area contributed by atoms with Crippen LogP contribution in [0, 0.1) is 0 Å². The average molecular weight is 316 g/mol. The lowest BCUT2D eigenvalue weighted by molar-refractivity contribution is -0.123. The van der Waals surface area contributed by atoms with Crippen molar-refractivity contribution in [1.29, 1.82) is 0 Å². The molecular weight excluding hydrogens is 302 g/mol. The van der Waals surface area contributed by atoms with Crippen LogP contribution in [0.3, 0.4) is 0 Å². The Morgan fingerprint density at radius 1 is 1.44 bits per heavy atom. The lowest BCUT2D eigenvalue weighted by atomic mass is 10.2. The summed E-state index contributed by atoms with van der Waals surface area (Å²) in [7, 11) is 0. The quantitative estimate of drug-likeness (QED) is 0.842. The van der Waals surface area contributed by atoms with E-state index in [1.165, 1.54) is 12.1 Å². The highest BCUT2D eigenvalue weighted by Gasteiger charge is 2.09. The Hall–Kier alpha value is -1.56. The molecule has 0 aliphatic heterocycles. The van der Waals surface area contributed by atoms with Crippen LogP contribution in [0.4, 0.5) is 0 Å². The topological polar surface area (TPSA) is 75.6 Å². The van der Waals surface area contributed by atoms with Crippen LogP contribution in [0.25, 0.3) is 0 Å². The summed E-state index contributed by atoms with van der Waals surface area (Å²) in [6.07, 6.45) is 0.851. The number of rotatable bonds is 6. The Bertz CT molecular complexity index is 448. The molecule has 0 heterocycles. The summed E-state index contributed by atoms with van der Waals surface area (Å²) in [5.74, 6) is -0.936. The first-order valence-electron chi connectivity index (χ1n) is 5.47. The fourth-order valence-corrected chi connectivity index (χ4v) is 1.57. The van der Waals surface area contributed by atoms with E-state index in [9.17, 15) is 9.59 Å². The van der Waals surface area contributed by atoms with E-state index in [2.05, 4.69) is 21.2 Å². The number of nitrogens with one attached hydrogen (secondary N) is 1. The second kappa shape index (κ2) is 7.00. The Morgan fingerprint density at radius 3 is 2.78 bits per heavy atom. The maximum atomic E-state index is 11.3. The molecule has 0 aromatic heterocycles. The molecule has 0 fully saturated rings. The molecule has 0 aliphatic rings. The van der Waals surface area contributed by atoms with E-state index >= 15 is 0 Å². The van der Waals surface area contributed by atoms with Gasteiger partial charge in [0, 0.05) is 6.54 Å². The summed E-state index contributed by atoms with van der Waals surface area (Å²) >= 11 is 3.23. The maximum absolute atomic E-state index is 11.3. The Labute approximate surface area is 113 Å². The highest BCUT2D eigenvalue weighted by atomic mass is 79.9. The SMILES string of the molecule is CCCNC(=O)COc1cc(C(=O)O)ccc1Br. The van der Waals surface area contributed by atoms with Gasteiger partial charge in [-0.25, -0.2) is 4.79 Å². The molecule has 1 aromatic rings. The Balaban J connectivity index is 2.63. The smallest absolute Gasteiger partial charge is 0.335 e. The number of benzene rings is 1. The van der Waals surface area contributed by atoms with Crippen LogP contribution < -0.4 is 10.1 Å². The first-order chi connectivity index (χ1) is 8.54. The summed E-state index contributed by atoms with van der Waals surface area (Å²) in [5.41, 5.74) is 0.113. The summed E-state index contributed by atoms with van der Waals surface area (Å²) in [6, 6.07) is 4.40. The van der Waals surface area contributed by atoms with Crippen molar-refractivity contribution < 1.29 is 19.4 Å². The second-order valence-corrected chi connectivity index (χ2v) is 4.44. The Morgan fingerprint density at radius 2 is 2.17 bits per heavy atom. The Kier molecular flexibility index (Phi) is 5.64. The number of carbonyl (C=O) groups excluding carboxylic acids is 1. The number of carboxylic acids is 1. The lowest BCUT2D eigenvalue weighted by Gasteiger charge is -2.09. The van der Waals surface area contributed by atoms with E-state index in [0.717, 1.165) is 6.42 Å². The molecule has 0 spiro atoms. The van der Waals surface area contributed by atoms with Crippen LogP contribution in [0.2, 0.25) is 0 Å². The van der Waals surface area contributed by atoms with Gasteiger partial charge in [-0.3, -0.25) is 4.79 Å². The van der Waals surface area contributed by atoms with Crippen molar-refractivity contribution in [1.82, 2.24) is 5.32 Å². The third-order valence-corrected chi connectivity index (χ3v) is 2.76. The van der Waals surface area contributed by atoms with Crippen LogP contribution in [-0.2, 0) is 4.79 Å². The molecule has 5 nitrogen and oxygen atoms in total. The van der Waals surface area contributed by atoms with Crippen LogP contribution >= 0.6 is 15.9 Å². The van der Waals surface area contributed by atoms with Gasteiger partial charge in [0.15, 0.2) is 6.61 Å². The summed E-state index contributed by atoms with van der Waals surface area (Å²) in [5, 5.41) is 11.5. The van der Waals surface area contributed by atoms with Gasteiger partial charge in [-0.2, -0.15) is 0 Å². The number of carbonyl (C=O) groups is 2. The summed E-state index contributed by atoms with van der Waals surface area (Å²) in [4.78, 5) is 22.1. The van der Waals surface area contributed by atoms with E-state index in [4.69, 9.17) is 9.84 Å². The van der Waals surface area contributed by atoms with Crippen LogP contribution in [0.5, 0.6) is 5.75 Å². The predicted molar refractivity (Wildman–Crippen MR) is 69.9 cm³/mol. The molecule has 0 radical (unpaired) electrons. The number of hydrogen-bond donors (Lipinski definition) is 2. The first-order valence-corrected chi connectivity index (χ1v) is 6.26. The van der Waals surface area contributed by atoms with Gasteiger partial charge in [-0.15, -0.1) is 0 Å². The van der Waals surface area contributed by atoms with Crippen molar-refractivity contribution in [3.63, 3.8) is 0 Å². The predicted octanol–water partition coefficient (Wildman–Crippen LogP) is 2.05. The van der Waals surface area contributed by atoms with E-state index in [-0.39, 0.29) is 18.1 Å². The van der Waals surface area contributed by atoms with E-state index in [0.29, 0.717) is 16.8 Å². The number of carboxylic acid groups (broad SMARTS) is 1. The molecule has 6 heteroatoms. The number of halogens is 1. The molecule has 0 unspecified atom stereocenters. The van der Waals surface area contributed by atoms with Gasteiger partial charge in [-0.1, -0.05) is 6.92 Å². The van der Waals surface area contributed by atoms with Gasteiger partial charge in [-0.05, 0) is 40.5 Å². The van der Waals surface area contributed by atoms with Crippen molar-refractivity contribution in [3.05, 3.63) is 28.2 Å². The van der Waals surface area contributed by atoms with Crippen LogP contribution in [0.15, 0.2) is 22.7 Å². The van der Waals surface area contributed by atoms with Gasteiger partial charge in [0.2, 0.25) is 0 Å². The molecule has 1 aromatic carbocycles. The van der Waals surface area contributed by atoms with Crippen molar-refractivity contribution in [2.75, 3.05) is 13.2 Å². The molecule has 0 bridgehead atoms.